The maximum Gasteiger partial charge on any atom is 0.160 e. The highest BCUT2D eigenvalue weighted by Gasteiger charge is 2.29. The van der Waals surface area contributed by atoms with Crippen LogP contribution >= 0.6 is 0 Å². The summed E-state index contributed by atoms with van der Waals surface area (Å²) in [7, 11) is 0. The molecule has 3 heteroatoms. The van der Waals surface area contributed by atoms with Crippen LogP contribution in [0.3, 0.4) is 0 Å². The Bertz CT molecular complexity index is 369. The van der Waals surface area contributed by atoms with E-state index in [0.29, 0.717) is 5.84 Å². The summed E-state index contributed by atoms with van der Waals surface area (Å²) in [6, 6.07) is 8.32. The normalized spacial score (nSPS) is 18.5. The zero-order valence-electron chi connectivity index (χ0n) is 7.66. The van der Waals surface area contributed by atoms with Gasteiger partial charge in [-0.15, -0.1) is 0 Å². The molecule has 0 bridgehead atoms. The lowest BCUT2D eigenvalue weighted by molar-refractivity contribution is 0.177. The molecule has 67 valence electrons. The molecule has 1 aromatic rings. The summed E-state index contributed by atoms with van der Waals surface area (Å²) in [5.74, 6) is 1.26. The van der Waals surface area contributed by atoms with Crippen LogP contribution in [0.1, 0.15) is 13.8 Å². The second-order valence-electron chi connectivity index (χ2n) is 3.50. The Morgan fingerprint density at radius 1 is 1.54 bits per heavy atom. The Morgan fingerprint density at radius 3 is 3.08 bits per heavy atom. The van der Waals surface area contributed by atoms with Gasteiger partial charge in [0.2, 0.25) is 0 Å². The molecule has 2 rings (SSSR count). The molecular weight excluding hydrogens is 164 g/mol. The zero-order valence-corrected chi connectivity index (χ0v) is 7.66. The first-order chi connectivity index (χ1) is 6.09. The lowest BCUT2D eigenvalue weighted by Gasteiger charge is -2.30. The van der Waals surface area contributed by atoms with Crippen molar-refractivity contribution in [3.8, 4) is 5.75 Å². The molecule has 0 fully saturated rings. The van der Waals surface area contributed by atoms with Crippen LogP contribution in [0.5, 0.6) is 5.75 Å². The quantitative estimate of drug-likeness (QED) is 0.651. The van der Waals surface area contributed by atoms with Crippen LogP contribution in [0.15, 0.2) is 23.2 Å². The summed E-state index contributed by atoms with van der Waals surface area (Å²) in [4.78, 5) is 4.24. The molecule has 0 aliphatic carbocycles. The topological polar surface area (TPSA) is 47.6 Å². The molecule has 1 aliphatic rings. The predicted molar refractivity (Wildman–Crippen MR) is 51.3 cm³/mol. The molecule has 1 radical (unpaired) electrons. The molecule has 0 atom stereocenters. The number of hydrogen-bond donors (Lipinski definition) is 1. The predicted octanol–water partition coefficient (Wildman–Crippen LogP) is 1.65. The molecule has 2 N–H and O–H groups in total. The number of hydrogen-bond acceptors (Lipinski definition) is 3. The summed E-state index contributed by atoms with van der Waals surface area (Å²) < 4.78 is 5.66. The van der Waals surface area contributed by atoms with Gasteiger partial charge in [0.05, 0.1) is 0 Å². The third kappa shape index (κ3) is 1.26. The minimum absolute atomic E-state index is 0.500. The van der Waals surface area contributed by atoms with E-state index in [0.717, 1.165) is 11.4 Å². The summed E-state index contributed by atoms with van der Waals surface area (Å²) >= 11 is 0. The number of fused-ring (bicyclic) bond motifs is 1. The van der Waals surface area contributed by atoms with E-state index in [1.54, 1.807) is 12.1 Å². The Hall–Kier alpha value is -1.51. The van der Waals surface area contributed by atoms with Crippen molar-refractivity contribution >= 4 is 11.5 Å². The van der Waals surface area contributed by atoms with E-state index in [9.17, 15) is 0 Å². The number of nitrogens with two attached hydrogens (primary N) is 1. The molecule has 0 amide bonds. The number of amidine groups is 1. The van der Waals surface area contributed by atoms with Gasteiger partial charge in [-0.3, -0.25) is 0 Å². The fourth-order valence-electron chi connectivity index (χ4n) is 1.17. The average Bonchev–Trinajstić information content (AvgIpc) is 2.06. The van der Waals surface area contributed by atoms with E-state index in [1.807, 2.05) is 19.9 Å². The van der Waals surface area contributed by atoms with E-state index < -0.39 is 5.60 Å². The number of ether oxygens (including phenoxy) is 1. The molecule has 0 saturated heterocycles. The summed E-state index contributed by atoms with van der Waals surface area (Å²) in [5, 5.41) is 0. The van der Waals surface area contributed by atoms with Crippen LogP contribution in [0, 0.1) is 6.07 Å². The third-order valence-electron chi connectivity index (χ3n) is 2.03. The standard InChI is InChI=1S/C10H11N2O/c1-10(2)9(11)12-7-5-3-4-6-8(7)13-10/h4-6H,1-2H3,(H2,11,12). The Labute approximate surface area is 77.2 Å². The number of benzene rings is 1. The lowest BCUT2D eigenvalue weighted by Crippen LogP contribution is -2.45. The second-order valence-corrected chi connectivity index (χ2v) is 3.50. The van der Waals surface area contributed by atoms with Gasteiger partial charge in [0.25, 0.3) is 0 Å². The molecule has 0 aromatic heterocycles. The molecule has 0 unspecified atom stereocenters. The van der Waals surface area contributed by atoms with E-state index >= 15 is 0 Å². The SMILES string of the molecule is CC1(C)Oc2cc[c]cc2N=C1N. The van der Waals surface area contributed by atoms with Crippen molar-refractivity contribution in [2.45, 2.75) is 19.4 Å². The van der Waals surface area contributed by atoms with Crippen molar-refractivity contribution in [1.82, 2.24) is 0 Å². The molecular formula is C10H11N2O. The van der Waals surface area contributed by atoms with Crippen molar-refractivity contribution in [2.24, 2.45) is 10.7 Å². The van der Waals surface area contributed by atoms with Gasteiger partial charge in [-0.1, -0.05) is 6.07 Å². The van der Waals surface area contributed by atoms with E-state index in [4.69, 9.17) is 10.5 Å². The second kappa shape index (κ2) is 2.49. The highest BCUT2D eigenvalue weighted by atomic mass is 16.5. The van der Waals surface area contributed by atoms with Crippen LogP contribution in [0.2, 0.25) is 0 Å². The first kappa shape index (κ1) is 8.10. The summed E-state index contributed by atoms with van der Waals surface area (Å²) in [6.07, 6.45) is 0. The van der Waals surface area contributed by atoms with E-state index in [1.165, 1.54) is 0 Å². The summed E-state index contributed by atoms with van der Waals surface area (Å²) in [5.41, 5.74) is 5.98. The van der Waals surface area contributed by atoms with Gasteiger partial charge in [0, 0.05) is 0 Å². The first-order valence-electron chi connectivity index (χ1n) is 4.13. The fourth-order valence-corrected chi connectivity index (χ4v) is 1.17. The Balaban J connectivity index is 2.53. The van der Waals surface area contributed by atoms with Gasteiger partial charge in [0.15, 0.2) is 5.60 Å². The van der Waals surface area contributed by atoms with Gasteiger partial charge in [-0.05, 0) is 32.0 Å². The van der Waals surface area contributed by atoms with Crippen molar-refractivity contribution in [3.63, 3.8) is 0 Å². The van der Waals surface area contributed by atoms with E-state index in [-0.39, 0.29) is 0 Å². The van der Waals surface area contributed by atoms with Gasteiger partial charge >= 0.3 is 0 Å². The Morgan fingerprint density at radius 2 is 2.31 bits per heavy atom. The largest absolute Gasteiger partial charge is 0.478 e. The van der Waals surface area contributed by atoms with Gasteiger partial charge in [-0.25, -0.2) is 4.99 Å². The number of aliphatic imine (C=N–C) groups is 1. The fraction of sp³-hybridized carbons (Fsp3) is 0.300. The van der Waals surface area contributed by atoms with Gasteiger partial charge in [-0.2, -0.15) is 0 Å². The monoisotopic (exact) mass is 175 g/mol. The molecule has 13 heavy (non-hydrogen) atoms. The number of rotatable bonds is 0. The smallest absolute Gasteiger partial charge is 0.160 e. The molecule has 1 heterocycles. The van der Waals surface area contributed by atoms with Crippen molar-refractivity contribution in [1.29, 1.82) is 0 Å². The first-order valence-corrected chi connectivity index (χ1v) is 4.13. The number of nitrogens with zero attached hydrogens (tertiary/aromatic N) is 1. The highest BCUT2D eigenvalue weighted by molar-refractivity contribution is 5.92. The Kier molecular flexibility index (Phi) is 1.55. The molecule has 1 aromatic carbocycles. The van der Waals surface area contributed by atoms with Crippen LogP contribution in [-0.2, 0) is 0 Å². The lowest BCUT2D eigenvalue weighted by atomic mass is 10.1. The minimum Gasteiger partial charge on any atom is -0.478 e. The molecule has 3 nitrogen and oxygen atoms in total. The van der Waals surface area contributed by atoms with Crippen molar-refractivity contribution in [3.05, 3.63) is 24.3 Å². The maximum absolute atomic E-state index is 5.74. The van der Waals surface area contributed by atoms with Crippen molar-refractivity contribution < 1.29 is 4.74 Å². The van der Waals surface area contributed by atoms with Crippen LogP contribution < -0.4 is 10.5 Å². The maximum atomic E-state index is 5.74. The van der Waals surface area contributed by atoms with Gasteiger partial charge < -0.3 is 10.5 Å². The minimum atomic E-state index is -0.506. The molecule has 1 aliphatic heterocycles. The van der Waals surface area contributed by atoms with Crippen LogP contribution in [0.4, 0.5) is 5.69 Å². The molecule has 0 spiro atoms. The average molecular weight is 175 g/mol. The van der Waals surface area contributed by atoms with Crippen molar-refractivity contribution in [2.75, 3.05) is 0 Å². The highest BCUT2D eigenvalue weighted by Crippen LogP contribution is 2.34. The van der Waals surface area contributed by atoms with Crippen LogP contribution in [-0.4, -0.2) is 11.4 Å². The van der Waals surface area contributed by atoms with Gasteiger partial charge in [0.1, 0.15) is 17.3 Å². The van der Waals surface area contributed by atoms with E-state index in [2.05, 4.69) is 11.1 Å². The van der Waals surface area contributed by atoms with Crippen LogP contribution in [0.25, 0.3) is 0 Å². The third-order valence-corrected chi connectivity index (χ3v) is 2.03. The zero-order chi connectivity index (χ0) is 9.47. The molecule has 0 saturated carbocycles. The summed E-state index contributed by atoms with van der Waals surface area (Å²) in [6.45, 7) is 3.79.